The average molecular weight is 292 g/mol. The Balaban J connectivity index is 1.99. The molecule has 0 saturated heterocycles. The van der Waals surface area contributed by atoms with E-state index in [1.807, 2.05) is 48.5 Å². The highest BCUT2D eigenvalue weighted by Crippen LogP contribution is 2.36. The highest BCUT2D eigenvalue weighted by molar-refractivity contribution is 6.01. The molecule has 2 aromatic rings. The number of rotatable bonds is 3. The van der Waals surface area contributed by atoms with Gasteiger partial charge in [0.1, 0.15) is 5.75 Å². The van der Waals surface area contributed by atoms with Crippen LogP contribution in [0.4, 0.5) is 0 Å². The molecule has 1 fully saturated rings. The number of carbonyl (C=O) groups excluding carboxylic acids is 1. The summed E-state index contributed by atoms with van der Waals surface area (Å²) in [5.41, 5.74) is 3.17. The highest BCUT2D eigenvalue weighted by atomic mass is 16.5. The average Bonchev–Trinajstić information content (AvgIpc) is 2.58. The van der Waals surface area contributed by atoms with Crippen molar-refractivity contribution in [3.8, 4) is 5.75 Å². The molecule has 2 nitrogen and oxygen atoms in total. The van der Waals surface area contributed by atoms with Crippen molar-refractivity contribution >= 4 is 11.9 Å². The molecular formula is C20H20O2. The van der Waals surface area contributed by atoms with Gasteiger partial charge in [0.05, 0.1) is 7.11 Å². The van der Waals surface area contributed by atoms with Gasteiger partial charge < -0.3 is 4.74 Å². The normalized spacial score (nSPS) is 20.1. The van der Waals surface area contributed by atoms with Crippen molar-refractivity contribution < 1.29 is 9.53 Å². The predicted molar refractivity (Wildman–Crippen MR) is 89.0 cm³/mol. The first-order valence-corrected chi connectivity index (χ1v) is 7.72. The summed E-state index contributed by atoms with van der Waals surface area (Å²) in [6.07, 6.45) is 4.68. The number of ether oxygens (including phenoxy) is 1. The van der Waals surface area contributed by atoms with E-state index < -0.39 is 0 Å². The first-order chi connectivity index (χ1) is 10.8. The number of Topliss-reactive ketones (excluding diaryl/α,β-unsaturated/α-hetero) is 1. The second kappa shape index (κ2) is 6.61. The lowest BCUT2D eigenvalue weighted by Gasteiger charge is -2.25. The Bertz CT molecular complexity index is 686. The number of ketones is 1. The van der Waals surface area contributed by atoms with Crippen LogP contribution >= 0.6 is 0 Å². The van der Waals surface area contributed by atoms with Crippen LogP contribution in [0, 0.1) is 0 Å². The number of carbonyl (C=O) groups is 1. The molecule has 22 heavy (non-hydrogen) atoms. The molecule has 0 bridgehead atoms. The minimum atomic E-state index is 0.202. The Morgan fingerprint density at radius 1 is 1.09 bits per heavy atom. The molecule has 1 atom stereocenters. The van der Waals surface area contributed by atoms with Crippen molar-refractivity contribution in [2.24, 2.45) is 0 Å². The maximum Gasteiger partial charge on any atom is 0.159 e. The molecule has 3 rings (SSSR count). The maximum absolute atomic E-state index is 12.4. The van der Waals surface area contributed by atoms with Crippen molar-refractivity contribution in [2.45, 2.75) is 25.2 Å². The first-order valence-electron chi connectivity index (χ1n) is 7.72. The second-order valence-electron chi connectivity index (χ2n) is 5.65. The van der Waals surface area contributed by atoms with E-state index in [1.165, 1.54) is 5.56 Å². The van der Waals surface area contributed by atoms with E-state index in [0.717, 1.165) is 29.7 Å². The molecule has 1 aliphatic carbocycles. The van der Waals surface area contributed by atoms with Gasteiger partial charge in [0.2, 0.25) is 0 Å². The van der Waals surface area contributed by atoms with Crippen LogP contribution in [0.2, 0.25) is 0 Å². The Kier molecular flexibility index (Phi) is 4.38. The summed E-state index contributed by atoms with van der Waals surface area (Å²) in [5, 5.41) is 0. The van der Waals surface area contributed by atoms with Crippen molar-refractivity contribution in [1.29, 1.82) is 0 Å². The lowest BCUT2D eigenvalue weighted by molar-refractivity contribution is -0.116. The Morgan fingerprint density at radius 2 is 1.91 bits per heavy atom. The number of benzene rings is 2. The standard InChI is InChI=1S/C20H20O2/c1-22-17-10-5-7-15(13-17)14-19-18(11-6-12-20(19)21)16-8-3-2-4-9-16/h2-5,7-10,13-14,18H,6,11-12H2,1H3. The summed E-state index contributed by atoms with van der Waals surface area (Å²) in [6, 6.07) is 18.2. The lowest BCUT2D eigenvalue weighted by atomic mass is 9.78. The Hall–Kier alpha value is -2.35. The number of hydrogen-bond donors (Lipinski definition) is 0. The molecule has 0 N–H and O–H groups in total. The monoisotopic (exact) mass is 292 g/mol. The van der Waals surface area contributed by atoms with E-state index in [4.69, 9.17) is 4.74 Å². The zero-order valence-corrected chi connectivity index (χ0v) is 12.8. The molecule has 0 heterocycles. The topological polar surface area (TPSA) is 26.3 Å². The predicted octanol–water partition coefficient (Wildman–Crippen LogP) is 4.62. The van der Waals surface area contributed by atoms with Crippen LogP contribution in [0.15, 0.2) is 60.2 Å². The molecule has 2 heteroatoms. The molecule has 1 aliphatic rings. The maximum atomic E-state index is 12.4. The Labute approximate surface area is 131 Å². The minimum absolute atomic E-state index is 0.202. The van der Waals surface area contributed by atoms with E-state index in [9.17, 15) is 4.79 Å². The summed E-state index contributed by atoms with van der Waals surface area (Å²) in [6.45, 7) is 0. The summed E-state index contributed by atoms with van der Waals surface area (Å²) in [5.74, 6) is 1.28. The zero-order chi connectivity index (χ0) is 15.4. The third kappa shape index (κ3) is 3.11. The van der Waals surface area contributed by atoms with Crippen LogP contribution in [0.1, 0.15) is 36.3 Å². The van der Waals surface area contributed by atoms with Crippen molar-refractivity contribution in [3.63, 3.8) is 0 Å². The number of allylic oxidation sites excluding steroid dienone is 1. The van der Waals surface area contributed by atoms with Crippen LogP contribution in [0.5, 0.6) is 5.75 Å². The van der Waals surface area contributed by atoms with Crippen LogP contribution in [-0.2, 0) is 4.79 Å². The molecule has 1 unspecified atom stereocenters. The molecule has 112 valence electrons. The first kappa shape index (κ1) is 14.6. The van der Waals surface area contributed by atoms with Crippen molar-refractivity contribution in [3.05, 3.63) is 71.3 Å². The highest BCUT2D eigenvalue weighted by Gasteiger charge is 2.26. The third-order valence-electron chi connectivity index (χ3n) is 4.21. The van der Waals surface area contributed by atoms with Crippen LogP contribution in [0.25, 0.3) is 6.08 Å². The van der Waals surface area contributed by atoms with Gasteiger partial charge in [-0.3, -0.25) is 4.79 Å². The molecule has 2 aromatic carbocycles. The van der Waals surface area contributed by atoms with Gasteiger partial charge in [-0.25, -0.2) is 0 Å². The van der Waals surface area contributed by atoms with E-state index in [1.54, 1.807) is 7.11 Å². The lowest BCUT2D eigenvalue weighted by Crippen LogP contribution is -2.17. The molecule has 0 amide bonds. The largest absolute Gasteiger partial charge is 0.497 e. The van der Waals surface area contributed by atoms with Crippen molar-refractivity contribution in [2.75, 3.05) is 7.11 Å². The van der Waals surface area contributed by atoms with Crippen LogP contribution < -0.4 is 4.74 Å². The summed E-state index contributed by atoms with van der Waals surface area (Å²) in [4.78, 5) is 12.4. The molecule has 0 aliphatic heterocycles. The number of hydrogen-bond acceptors (Lipinski definition) is 2. The fourth-order valence-corrected chi connectivity index (χ4v) is 3.08. The summed E-state index contributed by atoms with van der Waals surface area (Å²) < 4.78 is 5.27. The smallest absolute Gasteiger partial charge is 0.159 e. The Morgan fingerprint density at radius 3 is 2.68 bits per heavy atom. The van der Waals surface area contributed by atoms with E-state index in [0.29, 0.717) is 6.42 Å². The van der Waals surface area contributed by atoms with Gasteiger partial charge in [-0.05, 0) is 42.2 Å². The van der Waals surface area contributed by atoms with Gasteiger partial charge in [-0.15, -0.1) is 0 Å². The molecule has 0 aromatic heterocycles. The van der Waals surface area contributed by atoms with Crippen LogP contribution in [0.3, 0.4) is 0 Å². The van der Waals surface area contributed by atoms with Gasteiger partial charge in [-0.1, -0.05) is 42.5 Å². The van der Waals surface area contributed by atoms with Gasteiger partial charge in [0, 0.05) is 17.9 Å². The SMILES string of the molecule is COc1cccc(C=C2C(=O)CCCC2c2ccccc2)c1. The van der Waals surface area contributed by atoms with Crippen LogP contribution in [-0.4, -0.2) is 12.9 Å². The van der Waals surface area contributed by atoms with E-state index in [-0.39, 0.29) is 11.7 Å². The quantitative estimate of drug-likeness (QED) is 0.772. The molecule has 0 radical (unpaired) electrons. The van der Waals surface area contributed by atoms with Gasteiger partial charge in [-0.2, -0.15) is 0 Å². The van der Waals surface area contributed by atoms with Gasteiger partial charge >= 0.3 is 0 Å². The summed E-state index contributed by atoms with van der Waals surface area (Å²) >= 11 is 0. The van der Waals surface area contributed by atoms with E-state index in [2.05, 4.69) is 12.1 Å². The van der Waals surface area contributed by atoms with Gasteiger partial charge in [0.15, 0.2) is 5.78 Å². The second-order valence-corrected chi connectivity index (χ2v) is 5.65. The fraction of sp³-hybridized carbons (Fsp3) is 0.250. The van der Waals surface area contributed by atoms with Crippen molar-refractivity contribution in [1.82, 2.24) is 0 Å². The van der Waals surface area contributed by atoms with E-state index >= 15 is 0 Å². The number of methoxy groups -OCH3 is 1. The molecular weight excluding hydrogens is 272 g/mol. The zero-order valence-electron chi connectivity index (χ0n) is 12.8. The summed E-state index contributed by atoms with van der Waals surface area (Å²) in [7, 11) is 1.66. The fourth-order valence-electron chi connectivity index (χ4n) is 3.08. The molecule has 1 saturated carbocycles. The molecule has 0 spiro atoms. The van der Waals surface area contributed by atoms with Gasteiger partial charge in [0.25, 0.3) is 0 Å². The third-order valence-corrected chi connectivity index (χ3v) is 4.21. The minimum Gasteiger partial charge on any atom is -0.497 e.